The summed E-state index contributed by atoms with van der Waals surface area (Å²) in [7, 11) is 0. The maximum atomic E-state index is 10.1. The van der Waals surface area contributed by atoms with E-state index in [1.165, 1.54) is 10.4 Å². The van der Waals surface area contributed by atoms with Gasteiger partial charge in [-0.2, -0.15) is 0 Å². The highest BCUT2D eigenvalue weighted by Gasteiger charge is 2.06. The van der Waals surface area contributed by atoms with Gasteiger partial charge in [-0.1, -0.05) is 48.5 Å². The minimum absolute atomic E-state index is 0.486. The van der Waals surface area contributed by atoms with Crippen LogP contribution in [0.3, 0.4) is 0 Å². The average Bonchev–Trinajstić information content (AvgIpc) is 3.15. The summed E-state index contributed by atoms with van der Waals surface area (Å²) in [5.74, 6) is 0.872. The van der Waals surface area contributed by atoms with E-state index in [1.54, 1.807) is 11.3 Å². The van der Waals surface area contributed by atoms with Crippen molar-refractivity contribution in [3.05, 3.63) is 88.1 Å². The molecule has 3 nitrogen and oxygen atoms in total. The van der Waals surface area contributed by atoms with Crippen LogP contribution in [0.2, 0.25) is 0 Å². The van der Waals surface area contributed by atoms with Gasteiger partial charge in [-0.05, 0) is 34.7 Å². The smallest absolute Gasteiger partial charge is 0.122 e. The first-order valence-electron chi connectivity index (χ1n) is 7.99. The van der Waals surface area contributed by atoms with E-state index in [1.807, 2.05) is 60.7 Å². The molecule has 0 radical (unpaired) electrons. The summed E-state index contributed by atoms with van der Waals surface area (Å²) >= 11 is 1.70. The highest BCUT2D eigenvalue weighted by atomic mass is 32.1. The number of aliphatic hydroxyl groups is 1. The molecule has 0 bridgehead atoms. The van der Waals surface area contributed by atoms with E-state index < -0.39 is 6.10 Å². The number of ether oxygens (including phenoxy) is 1. The maximum absolute atomic E-state index is 10.1. The summed E-state index contributed by atoms with van der Waals surface area (Å²) in [5, 5.41) is 15.5. The SMILES string of the molecule is OC(CNCc1ccc(OCc2cccs2)cc1)c1ccccc1. The van der Waals surface area contributed by atoms with E-state index in [4.69, 9.17) is 4.74 Å². The van der Waals surface area contributed by atoms with Crippen LogP contribution >= 0.6 is 11.3 Å². The molecule has 24 heavy (non-hydrogen) atoms. The van der Waals surface area contributed by atoms with Gasteiger partial charge in [0.2, 0.25) is 0 Å². The molecule has 1 unspecified atom stereocenters. The molecule has 0 saturated heterocycles. The van der Waals surface area contributed by atoms with Crippen molar-refractivity contribution >= 4 is 11.3 Å². The molecule has 1 aromatic heterocycles. The second-order valence-electron chi connectivity index (χ2n) is 5.57. The largest absolute Gasteiger partial charge is 0.488 e. The third kappa shape index (κ3) is 4.93. The lowest BCUT2D eigenvalue weighted by Crippen LogP contribution is -2.20. The Labute approximate surface area is 146 Å². The van der Waals surface area contributed by atoms with Gasteiger partial charge in [-0.25, -0.2) is 0 Å². The fraction of sp³-hybridized carbons (Fsp3) is 0.200. The summed E-state index contributed by atoms with van der Waals surface area (Å²) < 4.78 is 5.76. The predicted octanol–water partition coefficient (Wildman–Crippen LogP) is 4.15. The number of nitrogens with one attached hydrogen (secondary N) is 1. The van der Waals surface area contributed by atoms with Crippen LogP contribution in [-0.2, 0) is 13.2 Å². The second kappa shape index (κ2) is 8.64. The molecule has 3 aromatic rings. The summed E-state index contributed by atoms with van der Waals surface area (Å²) in [6.07, 6.45) is -0.486. The normalized spacial score (nSPS) is 12.0. The van der Waals surface area contributed by atoms with Crippen molar-refractivity contribution in [3.8, 4) is 5.75 Å². The molecule has 3 rings (SSSR count). The Morgan fingerprint density at radius 3 is 2.46 bits per heavy atom. The summed E-state index contributed by atoms with van der Waals surface area (Å²) in [6, 6.07) is 21.9. The van der Waals surface area contributed by atoms with Crippen molar-refractivity contribution in [2.24, 2.45) is 0 Å². The Morgan fingerprint density at radius 2 is 1.75 bits per heavy atom. The molecule has 0 spiro atoms. The Hall–Kier alpha value is -2.14. The zero-order valence-corrected chi connectivity index (χ0v) is 14.2. The molecular formula is C20H21NO2S. The lowest BCUT2D eigenvalue weighted by Gasteiger charge is -2.12. The van der Waals surface area contributed by atoms with E-state index in [0.29, 0.717) is 13.2 Å². The molecule has 0 aliphatic rings. The fourth-order valence-electron chi connectivity index (χ4n) is 2.40. The van der Waals surface area contributed by atoms with E-state index in [0.717, 1.165) is 17.9 Å². The van der Waals surface area contributed by atoms with Crippen molar-refractivity contribution in [1.82, 2.24) is 5.32 Å². The van der Waals surface area contributed by atoms with Crippen molar-refractivity contribution in [2.45, 2.75) is 19.3 Å². The number of benzene rings is 2. The van der Waals surface area contributed by atoms with Crippen LogP contribution in [-0.4, -0.2) is 11.7 Å². The van der Waals surface area contributed by atoms with Crippen molar-refractivity contribution in [1.29, 1.82) is 0 Å². The highest BCUT2D eigenvalue weighted by Crippen LogP contribution is 2.16. The predicted molar refractivity (Wildman–Crippen MR) is 98.2 cm³/mol. The molecule has 124 valence electrons. The van der Waals surface area contributed by atoms with Gasteiger partial charge in [-0.3, -0.25) is 0 Å². The van der Waals surface area contributed by atoms with E-state index in [2.05, 4.69) is 16.8 Å². The lowest BCUT2D eigenvalue weighted by atomic mass is 10.1. The Bertz CT molecular complexity index is 711. The second-order valence-corrected chi connectivity index (χ2v) is 6.60. The Kier molecular flexibility index (Phi) is 6.01. The van der Waals surface area contributed by atoms with Gasteiger partial charge >= 0.3 is 0 Å². The molecule has 0 amide bonds. The minimum atomic E-state index is -0.486. The first-order valence-corrected chi connectivity index (χ1v) is 8.87. The summed E-state index contributed by atoms with van der Waals surface area (Å²) in [5.41, 5.74) is 2.10. The van der Waals surface area contributed by atoms with Crippen LogP contribution in [0.4, 0.5) is 0 Å². The highest BCUT2D eigenvalue weighted by molar-refractivity contribution is 7.09. The van der Waals surface area contributed by atoms with Crippen molar-refractivity contribution < 1.29 is 9.84 Å². The van der Waals surface area contributed by atoms with Gasteiger partial charge in [0.1, 0.15) is 12.4 Å². The van der Waals surface area contributed by atoms with Crippen LogP contribution < -0.4 is 10.1 Å². The van der Waals surface area contributed by atoms with Crippen LogP contribution in [0.25, 0.3) is 0 Å². The molecule has 0 aliphatic heterocycles. The monoisotopic (exact) mass is 339 g/mol. The number of rotatable bonds is 8. The minimum Gasteiger partial charge on any atom is -0.488 e. The summed E-state index contributed by atoms with van der Waals surface area (Å²) in [4.78, 5) is 1.22. The topological polar surface area (TPSA) is 41.5 Å². The van der Waals surface area contributed by atoms with Crippen LogP contribution in [0.5, 0.6) is 5.75 Å². The summed E-state index contributed by atoms with van der Waals surface area (Å²) in [6.45, 7) is 1.86. The van der Waals surface area contributed by atoms with Gasteiger partial charge in [0.05, 0.1) is 6.10 Å². The van der Waals surface area contributed by atoms with E-state index in [9.17, 15) is 5.11 Å². The molecule has 1 heterocycles. The van der Waals surface area contributed by atoms with Gasteiger partial charge in [0.15, 0.2) is 0 Å². The number of thiophene rings is 1. The Morgan fingerprint density at radius 1 is 0.958 bits per heavy atom. The first-order chi connectivity index (χ1) is 11.8. The third-order valence-corrected chi connectivity index (χ3v) is 4.59. The average molecular weight is 339 g/mol. The quantitative estimate of drug-likeness (QED) is 0.648. The van der Waals surface area contributed by atoms with Gasteiger partial charge in [-0.15, -0.1) is 11.3 Å². The lowest BCUT2D eigenvalue weighted by molar-refractivity contribution is 0.174. The first kappa shape index (κ1) is 16.7. The maximum Gasteiger partial charge on any atom is 0.122 e. The molecule has 0 aliphatic carbocycles. The third-order valence-electron chi connectivity index (χ3n) is 3.74. The van der Waals surface area contributed by atoms with Crippen LogP contribution in [0.1, 0.15) is 22.1 Å². The number of hydrogen-bond acceptors (Lipinski definition) is 4. The van der Waals surface area contributed by atoms with Crippen molar-refractivity contribution in [3.63, 3.8) is 0 Å². The van der Waals surface area contributed by atoms with Crippen molar-refractivity contribution in [2.75, 3.05) is 6.54 Å². The molecule has 2 N–H and O–H groups in total. The van der Waals surface area contributed by atoms with E-state index >= 15 is 0 Å². The fourth-order valence-corrected chi connectivity index (χ4v) is 3.01. The molecule has 1 atom stereocenters. The molecule has 4 heteroatoms. The van der Waals surface area contributed by atoms with Gasteiger partial charge in [0.25, 0.3) is 0 Å². The standard InChI is InChI=1S/C20H21NO2S/c22-20(17-5-2-1-3-6-17)14-21-13-16-8-10-18(11-9-16)23-15-19-7-4-12-24-19/h1-12,20-22H,13-15H2. The van der Waals surface area contributed by atoms with E-state index in [-0.39, 0.29) is 0 Å². The molecule has 0 saturated carbocycles. The van der Waals surface area contributed by atoms with Crippen LogP contribution in [0, 0.1) is 0 Å². The Balaban J connectivity index is 1.42. The molecular weight excluding hydrogens is 318 g/mol. The van der Waals surface area contributed by atoms with Gasteiger partial charge < -0.3 is 15.2 Å². The van der Waals surface area contributed by atoms with Crippen LogP contribution in [0.15, 0.2) is 72.1 Å². The molecule has 2 aromatic carbocycles. The zero-order valence-electron chi connectivity index (χ0n) is 13.4. The molecule has 0 fully saturated rings. The number of aliphatic hydroxyl groups excluding tert-OH is 1. The van der Waals surface area contributed by atoms with Gasteiger partial charge in [0, 0.05) is 18.0 Å². The number of hydrogen-bond donors (Lipinski definition) is 2. The zero-order chi connectivity index (χ0) is 16.6.